The van der Waals surface area contributed by atoms with Gasteiger partial charge in [-0.25, -0.2) is 9.97 Å². The number of halogens is 1. The minimum Gasteiger partial charge on any atom is -0.370 e. The Morgan fingerprint density at radius 1 is 1.26 bits per heavy atom. The number of alkyl halides is 1. The molecule has 106 valence electrons. The monoisotopic (exact) mass is 281 g/mol. The summed E-state index contributed by atoms with van der Waals surface area (Å²) in [5.74, 6) is 2.42. The zero-order valence-corrected chi connectivity index (χ0v) is 12.5. The highest BCUT2D eigenvalue weighted by Gasteiger charge is 2.13. The molecule has 1 aliphatic rings. The molecule has 2 rings (SSSR count). The molecule has 1 heterocycles. The van der Waals surface area contributed by atoms with Crippen LogP contribution in [0.4, 0.5) is 5.82 Å². The highest BCUT2D eigenvalue weighted by Crippen LogP contribution is 2.23. The summed E-state index contributed by atoms with van der Waals surface area (Å²) in [6.07, 6.45) is 10.1. The van der Waals surface area contributed by atoms with Gasteiger partial charge in [0.2, 0.25) is 0 Å². The summed E-state index contributed by atoms with van der Waals surface area (Å²) in [5.41, 5.74) is 2.61. The van der Waals surface area contributed by atoms with E-state index < -0.39 is 0 Å². The van der Waals surface area contributed by atoms with E-state index in [2.05, 4.69) is 22.2 Å². The van der Waals surface area contributed by atoms with Crippen LogP contribution in [0.5, 0.6) is 0 Å². The van der Waals surface area contributed by atoms with E-state index in [0.717, 1.165) is 37.5 Å². The van der Waals surface area contributed by atoms with Crippen molar-refractivity contribution in [3.05, 3.63) is 17.6 Å². The van der Waals surface area contributed by atoms with E-state index in [1.54, 1.807) is 6.33 Å². The Bertz CT molecular complexity index is 395. The van der Waals surface area contributed by atoms with Gasteiger partial charge in [0.05, 0.1) is 0 Å². The molecule has 0 spiro atoms. The predicted octanol–water partition coefficient (Wildman–Crippen LogP) is 3.81. The number of anilines is 1. The first-order chi connectivity index (χ1) is 9.31. The molecular weight excluding hydrogens is 258 g/mol. The fraction of sp³-hybridized carbons (Fsp3) is 0.733. The molecule has 1 aromatic heterocycles. The summed E-state index contributed by atoms with van der Waals surface area (Å²) in [7, 11) is 0. The van der Waals surface area contributed by atoms with E-state index in [1.165, 1.54) is 36.9 Å². The number of aryl methyl sites for hydroxylation is 1. The zero-order valence-electron chi connectivity index (χ0n) is 11.8. The van der Waals surface area contributed by atoms with Crippen molar-refractivity contribution in [2.45, 2.75) is 51.9 Å². The van der Waals surface area contributed by atoms with Gasteiger partial charge in [0.25, 0.3) is 0 Å². The van der Waals surface area contributed by atoms with Gasteiger partial charge in [-0.1, -0.05) is 13.3 Å². The summed E-state index contributed by atoms with van der Waals surface area (Å²) < 4.78 is 0. The minimum absolute atomic E-state index is 0.603. The van der Waals surface area contributed by atoms with Gasteiger partial charge < -0.3 is 5.32 Å². The molecule has 0 fully saturated rings. The number of nitrogens with zero attached hydrogens (tertiary/aromatic N) is 2. The van der Waals surface area contributed by atoms with E-state index in [4.69, 9.17) is 11.6 Å². The van der Waals surface area contributed by atoms with Gasteiger partial charge >= 0.3 is 0 Å². The minimum atomic E-state index is 0.603. The lowest BCUT2D eigenvalue weighted by molar-refractivity contribution is 0.572. The Balaban J connectivity index is 1.89. The molecule has 0 amide bonds. The standard InChI is InChI=1S/C15H24ClN3/c1-12(10-16)6-5-9-17-15-13-7-3-2-4-8-14(13)18-11-19-15/h11-12H,2-10H2,1H3,(H,17,18,19). The van der Waals surface area contributed by atoms with Crippen LogP contribution in [0.1, 0.15) is 50.3 Å². The SMILES string of the molecule is CC(CCl)CCCNc1ncnc2c1CCCCC2. The van der Waals surface area contributed by atoms with Gasteiger partial charge in [-0.05, 0) is 44.4 Å². The fourth-order valence-corrected chi connectivity index (χ4v) is 2.74. The van der Waals surface area contributed by atoms with Crippen LogP contribution >= 0.6 is 11.6 Å². The summed E-state index contributed by atoms with van der Waals surface area (Å²) in [6, 6.07) is 0. The van der Waals surface area contributed by atoms with Crippen LogP contribution in [0, 0.1) is 5.92 Å². The van der Waals surface area contributed by atoms with Crippen molar-refractivity contribution in [3.63, 3.8) is 0 Å². The summed E-state index contributed by atoms with van der Waals surface area (Å²) >= 11 is 5.82. The number of hydrogen-bond donors (Lipinski definition) is 1. The topological polar surface area (TPSA) is 37.8 Å². The molecule has 19 heavy (non-hydrogen) atoms. The zero-order chi connectivity index (χ0) is 13.5. The molecule has 0 radical (unpaired) electrons. The largest absolute Gasteiger partial charge is 0.370 e. The molecule has 0 bridgehead atoms. The van der Waals surface area contributed by atoms with Gasteiger partial charge in [-0.3, -0.25) is 0 Å². The van der Waals surface area contributed by atoms with Crippen molar-refractivity contribution in [2.75, 3.05) is 17.7 Å². The number of hydrogen-bond acceptors (Lipinski definition) is 3. The first-order valence-electron chi connectivity index (χ1n) is 7.44. The van der Waals surface area contributed by atoms with E-state index in [-0.39, 0.29) is 0 Å². The Morgan fingerprint density at radius 3 is 2.95 bits per heavy atom. The molecule has 0 saturated heterocycles. The summed E-state index contributed by atoms with van der Waals surface area (Å²) in [5, 5.41) is 3.49. The van der Waals surface area contributed by atoms with Crippen molar-refractivity contribution in [2.24, 2.45) is 5.92 Å². The molecule has 1 aliphatic carbocycles. The lowest BCUT2D eigenvalue weighted by atomic mass is 10.1. The third kappa shape index (κ3) is 4.34. The maximum atomic E-state index is 5.82. The van der Waals surface area contributed by atoms with Crippen LogP contribution in [0.15, 0.2) is 6.33 Å². The van der Waals surface area contributed by atoms with E-state index in [0.29, 0.717) is 5.92 Å². The third-order valence-corrected chi connectivity index (χ3v) is 4.33. The number of fused-ring (bicyclic) bond motifs is 1. The summed E-state index contributed by atoms with van der Waals surface area (Å²) in [4.78, 5) is 8.86. The van der Waals surface area contributed by atoms with Crippen LogP contribution in [-0.2, 0) is 12.8 Å². The van der Waals surface area contributed by atoms with Crippen LogP contribution in [0.2, 0.25) is 0 Å². The number of aromatic nitrogens is 2. The molecule has 0 saturated carbocycles. The van der Waals surface area contributed by atoms with Crippen molar-refractivity contribution < 1.29 is 0 Å². The Labute approximate surface area is 121 Å². The molecule has 4 heteroatoms. The Morgan fingerprint density at radius 2 is 2.11 bits per heavy atom. The lowest BCUT2D eigenvalue weighted by Gasteiger charge is -2.13. The average Bonchev–Trinajstić information content (AvgIpc) is 2.69. The Hall–Kier alpha value is -0.830. The van der Waals surface area contributed by atoms with Crippen LogP contribution in [-0.4, -0.2) is 22.4 Å². The number of nitrogens with one attached hydrogen (secondary N) is 1. The second-order valence-electron chi connectivity index (χ2n) is 5.54. The van der Waals surface area contributed by atoms with E-state index in [9.17, 15) is 0 Å². The van der Waals surface area contributed by atoms with Gasteiger partial charge in [-0.2, -0.15) is 0 Å². The van der Waals surface area contributed by atoms with Crippen molar-refractivity contribution in [1.82, 2.24) is 9.97 Å². The van der Waals surface area contributed by atoms with Gasteiger partial charge in [0, 0.05) is 23.7 Å². The molecule has 3 nitrogen and oxygen atoms in total. The highest BCUT2D eigenvalue weighted by atomic mass is 35.5. The third-order valence-electron chi connectivity index (χ3n) is 3.80. The Kier molecular flexibility index (Phi) is 5.90. The van der Waals surface area contributed by atoms with Gasteiger partial charge in [-0.15, -0.1) is 11.6 Å². The molecule has 0 aromatic carbocycles. The average molecular weight is 282 g/mol. The maximum Gasteiger partial charge on any atom is 0.132 e. The molecule has 1 atom stereocenters. The quantitative estimate of drug-likeness (QED) is 0.489. The van der Waals surface area contributed by atoms with E-state index in [1.807, 2.05) is 0 Å². The summed E-state index contributed by atoms with van der Waals surface area (Å²) in [6.45, 7) is 3.18. The fourth-order valence-electron chi connectivity index (χ4n) is 2.58. The second-order valence-corrected chi connectivity index (χ2v) is 5.85. The first-order valence-corrected chi connectivity index (χ1v) is 7.97. The smallest absolute Gasteiger partial charge is 0.132 e. The first kappa shape index (κ1) is 14.6. The normalized spacial score (nSPS) is 16.5. The molecule has 0 aliphatic heterocycles. The molecular formula is C15H24ClN3. The highest BCUT2D eigenvalue weighted by molar-refractivity contribution is 6.18. The van der Waals surface area contributed by atoms with Gasteiger partial charge in [0.15, 0.2) is 0 Å². The van der Waals surface area contributed by atoms with Crippen molar-refractivity contribution in [3.8, 4) is 0 Å². The lowest BCUT2D eigenvalue weighted by Crippen LogP contribution is -2.10. The van der Waals surface area contributed by atoms with E-state index >= 15 is 0 Å². The number of rotatable bonds is 6. The van der Waals surface area contributed by atoms with Crippen molar-refractivity contribution in [1.29, 1.82) is 0 Å². The van der Waals surface area contributed by atoms with Gasteiger partial charge in [0.1, 0.15) is 12.1 Å². The molecule has 1 aromatic rings. The molecule has 1 N–H and O–H groups in total. The molecule has 1 unspecified atom stereocenters. The predicted molar refractivity (Wildman–Crippen MR) is 80.9 cm³/mol. The van der Waals surface area contributed by atoms with Crippen LogP contribution in [0.3, 0.4) is 0 Å². The second kappa shape index (κ2) is 7.68. The van der Waals surface area contributed by atoms with Crippen molar-refractivity contribution >= 4 is 17.4 Å². The maximum absolute atomic E-state index is 5.82. The van der Waals surface area contributed by atoms with Crippen LogP contribution in [0.25, 0.3) is 0 Å². The van der Waals surface area contributed by atoms with Crippen LogP contribution < -0.4 is 5.32 Å².